The zero-order valence-corrected chi connectivity index (χ0v) is 15.4. The maximum atomic E-state index is 12.3. The van der Waals surface area contributed by atoms with Crippen LogP contribution in [0.3, 0.4) is 0 Å². The molecule has 9 nitrogen and oxygen atoms in total. The van der Waals surface area contributed by atoms with Gasteiger partial charge in [-0.25, -0.2) is 4.79 Å². The lowest BCUT2D eigenvalue weighted by atomic mass is 10.1. The molecule has 0 heterocycles. The van der Waals surface area contributed by atoms with Crippen LogP contribution in [0.5, 0.6) is 5.75 Å². The molecule has 10 heteroatoms. The number of nitro benzene ring substituents is 1. The second-order valence-electron chi connectivity index (χ2n) is 5.25. The lowest BCUT2D eigenvalue weighted by molar-refractivity contribution is -0.384. The second-order valence-corrected chi connectivity index (χ2v) is 6.79. The molecule has 0 atom stereocenters. The van der Waals surface area contributed by atoms with Crippen LogP contribution in [0.15, 0.2) is 59.0 Å². The zero-order valence-electron chi connectivity index (χ0n) is 14.6. The number of hydrogen-bond acceptors (Lipinski definition) is 8. The summed E-state index contributed by atoms with van der Waals surface area (Å²) in [7, 11) is -4.17. The van der Waals surface area contributed by atoms with Crippen molar-refractivity contribution in [3.8, 4) is 11.8 Å². The minimum atomic E-state index is -4.17. The van der Waals surface area contributed by atoms with E-state index in [1.165, 1.54) is 42.5 Å². The number of carbonyl (C=O) groups is 1. The number of nitro groups is 1. The minimum Gasteiger partial charge on any atom is -0.462 e. The molecule has 0 aliphatic heterocycles. The highest BCUT2D eigenvalue weighted by Gasteiger charge is 2.17. The van der Waals surface area contributed by atoms with Gasteiger partial charge in [-0.15, -0.1) is 0 Å². The molecular formula is C18H14N2O7S. The van der Waals surface area contributed by atoms with E-state index in [-0.39, 0.29) is 28.5 Å². The van der Waals surface area contributed by atoms with E-state index in [1.54, 1.807) is 13.0 Å². The Labute approximate surface area is 160 Å². The highest BCUT2D eigenvalue weighted by atomic mass is 32.2. The quantitative estimate of drug-likeness (QED) is 0.172. The van der Waals surface area contributed by atoms with Gasteiger partial charge in [-0.2, -0.15) is 13.7 Å². The third-order valence-electron chi connectivity index (χ3n) is 3.35. The first-order valence-corrected chi connectivity index (χ1v) is 9.25. The second kappa shape index (κ2) is 8.79. The van der Waals surface area contributed by atoms with Gasteiger partial charge in [0.1, 0.15) is 22.3 Å². The van der Waals surface area contributed by atoms with Gasteiger partial charge in [0.15, 0.2) is 0 Å². The van der Waals surface area contributed by atoms with Crippen LogP contribution in [-0.4, -0.2) is 25.9 Å². The van der Waals surface area contributed by atoms with Crippen molar-refractivity contribution in [2.75, 3.05) is 6.61 Å². The SMILES string of the molecule is CCOC(=O)C(C#N)=Cc1ccc(S(=O)(=O)Oc2ccc([N+](=O)[O-])cc2)cc1. The van der Waals surface area contributed by atoms with Crippen molar-refractivity contribution >= 4 is 27.9 Å². The van der Waals surface area contributed by atoms with E-state index in [0.717, 1.165) is 12.1 Å². The number of ether oxygens (including phenoxy) is 1. The van der Waals surface area contributed by atoms with Gasteiger partial charge in [0.2, 0.25) is 0 Å². The van der Waals surface area contributed by atoms with Crippen molar-refractivity contribution in [2.45, 2.75) is 11.8 Å². The van der Waals surface area contributed by atoms with Gasteiger partial charge in [0.25, 0.3) is 5.69 Å². The van der Waals surface area contributed by atoms with Gasteiger partial charge < -0.3 is 8.92 Å². The third-order valence-corrected chi connectivity index (χ3v) is 4.61. The highest BCUT2D eigenvalue weighted by Crippen LogP contribution is 2.22. The molecule has 0 saturated carbocycles. The minimum absolute atomic E-state index is 0.0800. The van der Waals surface area contributed by atoms with Crippen LogP contribution < -0.4 is 4.18 Å². The van der Waals surface area contributed by atoms with E-state index in [9.17, 15) is 23.3 Å². The van der Waals surface area contributed by atoms with Crippen LogP contribution in [0.25, 0.3) is 6.08 Å². The fourth-order valence-electron chi connectivity index (χ4n) is 2.04. The lowest BCUT2D eigenvalue weighted by Gasteiger charge is -2.07. The Kier molecular flexibility index (Phi) is 6.46. The molecular weight excluding hydrogens is 388 g/mol. The molecule has 2 rings (SSSR count). The van der Waals surface area contributed by atoms with Crippen LogP contribution >= 0.6 is 0 Å². The summed E-state index contributed by atoms with van der Waals surface area (Å²) in [6.45, 7) is 1.73. The number of rotatable bonds is 7. The Morgan fingerprint density at radius 3 is 2.29 bits per heavy atom. The zero-order chi connectivity index (χ0) is 20.7. The molecule has 0 aromatic heterocycles. The largest absolute Gasteiger partial charge is 0.462 e. The number of nitrogens with zero attached hydrogens (tertiary/aromatic N) is 2. The van der Waals surface area contributed by atoms with E-state index < -0.39 is 21.0 Å². The van der Waals surface area contributed by atoms with Gasteiger partial charge in [-0.1, -0.05) is 12.1 Å². The van der Waals surface area contributed by atoms with Crippen LogP contribution in [0.4, 0.5) is 5.69 Å². The average molecular weight is 402 g/mol. The molecule has 2 aromatic carbocycles. The normalized spacial score (nSPS) is 11.4. The summed E-state index contributed by atoms with van der Waals surface area (Å²) in [6.07, 6.45) is 1.27. The summed E-state index contributed by atoms with van der Waals surface area (Å²) in [5, 5.41) is 19.6. The number of carbonyl (C=O) groups excluding carboxylic acids is 1. The molecule has 0 N–H and O–H groups in total. The Bertz CT molecular complexity index is 1050. The molecule has 0 fully saturated rings. The average Bonchev–Trinajstić information content (AvgIpc) is 2.66. The molecule has 0 aliphatic carbocycles. The molecule has 144 valence electrons. The third kappa shape index (κ3) is 5.15. The Morgan fingerprint density at radius 2 is 1.79 bits per heavy atom. The van der Waals surface area contributed by atoms with Crippen LogP contribution in [-0.2, 0) is 19.6 Å². The molecule has 2 aromatic rings. The van der Waals surface area contributed by atoms with Gasteiger partial charge in [-0.3, -0.25) is 10.1 Å². The molecule has 0 spiro atoms. The first kappa shape index (κ1) is 20.6. The van der Waals surface area contributed by atoms with E-state index in [2.05, 4.69) is 0 Å². The summed E-state index contributed by atoms with van der Waals surface area (Å²) >= 11 is 0. The Balaban J connectivity index is 2.20. The molecule has 0 saturated heterocycles. The predicted molar refractivity (Wildman–Crippen MR) is 97.6 cm³/mol. The monoisotopic (exact) mass is 402 g/mol. The van der Waals surface area contributed by atoms with Crippen molar-refractivity contribution in [1.29, 1.82) is 5.26 Å². The lowest BCUT2D eigenvalue weighted by Crippen LogP contribution is -2.09. The smallest absolute Gasteiger partial charge is 0.348 e. The number of non-ortho nitro benzene ring substituents is 1. The van der Waals surface area contributed by atoms with E-state index in [1.807, 2.05) is 0 Å². The van der Waals surface area contributed by atoms with Crippen molar-refractivity contribution in [3.05, 3.63) is 69.8 Å². The van der Waals surface area contributed by atoms with Crippen LogP contribution in [0.2, 0.25) is 0 Å². The summed E-state index contributed by atoms with van der Waals surface area (Å²) in [4.78, 5) is 21.4. The topological polar surface area (TPSA) is 137 Å². The van der Waals surface area contributed by atoms with E-state index in [0.29, 0.717) is 5.56 Å². The molecule has 0 radical (unpaired) electrons. The predicted octanol–water partition coefficient (Wildman–Crippen LogP) is 2.83. The molecule has 0 aliphatic rings. The molecule has 0 bridgehead atoms. The van der Waals surface area contributed by atoms with Gasteiger partial charge in [0, 0.05) is 12.1 Å². The summed E-state index contributed by atoms with van der Waals surface area (Å²) < 4.78 is 34.3. The molecule has 28 heavy (non-hydrogen) atoms. The number of hydrogen-bond donors (Lipinski definition) is 0. The summed E-state index contributed by atoms with van der Waals surface area (Å²) in [6, 6.07) is 11.6. The van der Waals surface area contributed by atoms with Crippen molar-refractivity contribution in [3.63, 3.8) is 0 Å². The summed E-state index contributed by atoms with van der Waals surface area (Å²) in [5.41, 5.74) is -0.00531. The van der Waals surface area contributed by atoms with Crippen molar-refractivity contribution < 1.29 is 27.1 Å². The van der Waals surface area contributed by atoms with Crippen molar-refractivity contribution in [1.82, 2.24) is 0 Å². The van der Waals surface area contributed by atoms with E-state index in [4.69, 9.17) is 14.2 Å². The van der Waals surface area contributed by atoms with Crippen molar-refractivity contribution in [2.24, 2.45) is 0 Å². The summed E-state index contributed by atoms with van der Waals surface area (Å²) in [5.74, 6) is -0.855. The maximum Gasteiger partial charge on any atom is 0.348 e. The highest BCUT2D eigenvalue weighted by molar-refractivity contribution is 7.87. The number of nitriles is 1. The fraction of sp³-hybridized carbons (Fsp3) is 0.111. The van der Waals surface area contributed by atoms with E-state index >= 15 is 0 Å². The fourth-order valence-corrected chi connectivity index (χ4v) is 2.97. The molecule has 0 amide bonds. The Morgan fingerprint density at radius 1 is 1.18 bits per heavy atom. The number of esters is 1. The molecule has 0 unspecified atom stereocenters. The maximum absolute atomic E-state index is 12.3. The number of benzene rings is 2. The Hall–Kier alpha value is -3.71. The van der Waals surface area contributed by atoms with Gasteiger partial charge in [-0.05, 0) is 42.8 Å². The van der Waals surface area contributed by atoms with Gasteiger partial charge in [0.05, 0.1) is 11.5 Å². The first-order valence-electron chi connectivity index (χ1n) is 7.84. The van der Waals surface area contributed by atoms with Crippen LogP contribution in [0.1, 0.15) is 12.5 Å². The van der Waals surface area contributed by atoms with Crippen LogP contribution in [0, 0.1) is 21.4 Å². The standard InChI is InChI=1S/C18H14N2O7S/c1-2-26-18(21)14(12-19)11-13-3-9-17(10-4-13)28(24,25)27-16-7-5-15(6-8-16)20(22)23/h3-11H,2H2,1H3. The first-order chi connectivity index (χ1) is 13.3. The van der Waals surface area contributed by atoms with Gasteiger partial charge >= 0.3 is 16.1 Å².